The van der Waals surface area contributed by atoms with Crippen molar-refractivity contribution in [3.05, 3.63) is 35.4 Å². The molecule has 2 heteroatoms. The molecule has 2 rings (SSSR count). The standard InChI is InChI=1S/C17H28N2/c1-3-15-5-4-11-19(12-10-15)14-17-8-6-16(7-9-17)13-18-2/h6-9,15,18H,3-5,10-14H2,1-2H3. The van der Waals surface area contributed by atoms with Gasteiger partial charge in [0.15, 0.2) is 0 Å². The summed E-state index contributed by atoms with van der Waals surface area (Å²) < 4.78 is 0. The number of rotatable bonds is 5. The van der Waals surface area contributed by atoms with Gasteiger partial charge in [0.1, 0.15) is 0 Å². The van der Waals surface area contributed by atoms with Gasteiger partial charge in [0.25, 0.3) is 0 Å². The lowest BCUT2D eigenvalue weighted by Crippen LogP contribution is -2.24. The van der Waals surface area contributed by atoms with Crippen LogP contribution in [-0.4, -0.2) is 25.0 Å². The molecule has 1 aromatic rings. The summed E-state index contributed by atoms with van der Waals surface area (Å²) in [7, 11) is 2.00. The van der Waals surface area contributed by atoms with Crippen LogP contribution in [0.2, 0.25) is 0 Å². The van der Waals surface area contributed by atoms with Crippen molar-refractivity contribution >= 4 is 0 Å². The lowest BCUT2D eigenvalue weighted by molar-refractivity contribution is 0.272. The molecule has 1 N–H and O–H groups in total. The molecule has 0 aliphatic carbocycles. The summed E-state index contributed by atoms with van der Waals surface area (Å²) in [4.78, 5) is 2.63. The molecule has 0 saturated carbocycles. The van der Waals surface area contributed by atoms with Gasteiger partial charge in [-0.2, -0.15) is 0 Å². The largest absolute Gasteiger partial charge is 0.316 e. The molecule has 106 valence electrons. The van der Waals surface area contributed by atoms with E-state index in [-0.39, 0.29) is 0 Å². The van der Waals surface area contributed by atoms with Crippen molar-refractivity contribution in [3.8, 4) is 0 Å². The van der Waals surface area contributed by atoms with E-state index < -0.39 is 0 Å². The van der Waals surface area contributed by atoms with Gasteiger partial charge in [-0.1, -0.05) is 37.6 Å². The van der Waals surface area contributed by atoms with Gasteiger partial charge in [-0.05, 0) is 56.4 Å². The minimum absolute atomic E-state index is 0.960. The van der Waals surface area contributed by atoms with E-state index >= 15 is 0 Å². The average molecular weight is 260 g/mol. The van der Waals surface area contributed by atoms with Crippen LogP contribution in [0.5, 0.6) is 0 Å². The van der Waals surface area contributed by atoms with Crippen LogP contribution in [-0.2, 0) is 13.1 Å². The molecule has 0 bridgehead atoms. The monoisotopic (exact) mass is 260 g/mol. The Hall–Kier alpha value is -0.860. The molecule has 2 nitrogen and oxygen atoms in total. The molecule has 1 saturated heterocycles. The Kier molecular flexibility index (Phi) is 5.87. The van der Waals surface area contributed by atoms with Crippen molar-refractivity contribution in [1.29, 1.82) is 0 Å². The van der Waals surface area contributed by atoms with Gasteiger partial charge in [0, 0.05) is 13.1 Å². The van der Waals surface area contributed by atoms with Crippen LogP contribution in [0.15, 0.2) is 24.3 Å². The number of nitrogens with zero attached hydrogens (tertiary/aromatic N) is 1. The average Bonchev–Trinajstić information content (AvgIpc) is 2.66. The summed E-state index contributed by atoms with van der Waals surface area (Å²) in [6, 6.07) is 9.07. The quantitative estimate of drug-likeness (QED) is 0.872. The van der Waals surface area contributed by atoms with E-state index in [0.29, 0.717) is 0 Å². The molecule has 0 amide bonds. The molecular weight excluding hydrogens is 232 g/mol. The number of nitrogens with one attached hydrogen (secondary N) is 1. The predicted molar refractivity (Wildman–Crippen MR) is 82.1 cm³/mol. The van der Waals surface area contributed by atoms with Crippen molar-refractivity contribution in [3.63, 3.8) is 0 Å². The van der Waals surface area contributed by atoms with Crippen molar-refractivity contribution in [1.82, 2.24) is 10.2 Å². The van der Waals surface area contributed by atoms with Crippen molar-refractivity contribution in [2.75, 3.05) is 20.1 Å². The van der Waals surface area contributed by atoms with Crippen LogP contribution in [0.25, 0.3) is 0 Å². The second-order valence-electron chi connectivity index (χ2n) is 5.83. The molecule has 1 unspecified atom stereocenters. The minimum atomic E-state index is 0.960. The first-order chi connectivity index (χ1) is 9.31. The van der Waals surface area contributed by atoms with Gasteiger partial charge in [0.2, 0.25) is 0 Å². The number of benzene rings is 1. The van der Waals surface area contributed by atoms with Gasteiger partial charge in [-0.25, -0.2) is 0 Å². The van der Waals surface area contributed by atoms with Gasteiger partial charge in [-0.3, -0.25) is 4.90 Å². The summed E-state index contributed by atoms with van der Waals surface area (Å²) >= 11 is 0. The number of hydrogen-bond acceptors (Lipinski definition) is 2. The van der Waals surface area contributed by atoms with Crippen molar-refractivity contribution < 1.29 is 0 Å². The van der Waals surface area contributed by atoms with E-state index in [1.807, 2.05) is 7.05 Å². The fourth-order valence-electron chi connectivity index (χ4n) is 3.02. The molecule has 1 aliphatic heterocycles. The topological polar surface area (TPSA) is 15.3 Å². The van der Waals surface area contributed by atoms with Crippen LogP contribution in [0.4, 0.5) is 0 Å². The van der Waals surface area contributed by atoms with Gasteiger partial charge in [-0.15, -0.1) is 0 Å². The van der Waals surface area contributed by atoms with E-state index in [0.717, 1.165) is 19.0 Å². The maximum absolute atomic E-state index is 3.19. The Morgan fingerprint density at radius 1 is 1.11 bits per heavy atom. The highest BCUT2D eigenvalue weighted by atomic mass is 15.1. The molecular formula is C17H28N2. The lowest BCUT2D eigenvalue weighted by Gasteiger charge is -2.20. The first-order valence-corrected chi connectivity index (χ1v) is 7.76. The Balaban J connectivity index is 1.86. The second-order valence-corrected chi connectivity index (χ2v) is 5.83. The SMILES string of the molecule is CCC1CCCN(Cc2ccc(CNC)cc2)CC1. The smallest absolute Gasteiger partial charge is 0.0233 e. The normalized spacial score (nSPS) is 21.3. The molecule has 1 atom stereocenters. The van der Waals surface area contributed by atoms with E-state index in [4.69, 9.17) is 0 Å². The number of hydrogen-bond donors (Lipinski definition) is 1. The molecule has 0 aromatic heterocycles. The first-order valence-electron chi connectivity index (χ1n) is 7.76. The highest BCUT2D eigenvalue weighted by Gasteiger charge is 2.15. The molecule has 1 fully saturated rings. The van der Waals surface area contributed by atoms with Gasteiger partial charge >= 0.3 is 0 Å². The van der Waals surface area contributed by atoms with Crippen LogP contribution in [0, 0.1) is 5.92 Å². The molecule has 0 spiro atoms. The summed E-state index contributed by atoms with van der Waals surface area (Å²) in [6.07, 6.45) is 5.53. The molecule has 1 heterocycles. The Morgan fingerprint density at radius 3 is 2.53 bits per heavy atom. The zero-order chi connectivity index (χ0) is 13.5. The summed E-state index contributed by atoms with van der Waals surface area (Å²) in [5.41, 5.74) is 2.82. The fourth-order valence-corrected chi connectivity index (χ4v) is 3.02. The third-order valence-corrected chi connectivity index (χ3v) is 4.33. The maximum Gasteiger partial charge on any atom is 0.0233 e. The lowest BCUT2D eigenvalue weighted by atomic mass is 9.98. The fraction of sp³-hybridized carbons (Fsp3) is 0.647. The van der Waals surface area contributed by atoms with Crippen LogP contribution in [0.1, 0.15) is 43.7 Å². The molecule has 0 radical (unpaired) electrons. The van der Waals surface area contributed by atoms with E-state index in [1.165, 1.54) is 49.9 Å². The zero-order valence-electron chi connectivity index (χ0n) is 12.5. The van der Waals surface area contributed by atoms with Crippen LogP contribution < -0.4 is 5.32 Å². The first kappa shape index (κ1) is 14.5. The number of likely N-dealkylation sites (tertiary alicyclic amines) is 1. The molecule has 1 aromatic carbocycles. The van der Waals surface area contributed by atoms with E-state index in [9.17, 15) is 0 Å². The molecule has 1 aliphatic rings. The predicted octanol–water partition coefficient (Wildman–Crippen LogP) is 3.42. The third-order valence-electron chi connectivity index (χ3n) is 4.33. The van der Waals surface area contributed by atoms with E-state index in [2.05, 4.69) is 41.4 Å². The second kappa shape index (κ2) is 7.66. The van der Waals surface area contributed by atoms with Gasteiger partial charge in [0.05, 0.1) is 0 Å². The Morgan fingerprint density at radius 2 is 1.84 bits per heavy atom. The molecule has 19 heavy (non-hydrogen) atoms. The highest BCUT2D eigenvalue weighted by molar-refractivity contribution is 5.22. The Bertz CT molecular complexity index is 358. The summed E-state index contributed by atoms with van der Waals surface area (Å²) in [5, 5.41) is 3.19. The van der Waals surface area contributed by atoms with Crippen molar-refractivity contribution in [2.45, 2.75) is 45.7 Å². The third kappa shape index (κ3) is 4.63. The summed E-state index contributed by atoms with van der Waals surface area (Å²) in [6.45, 7) is 6.96. The minimum Gasteiger partial charge on any atom is -0.316 e. The van der Waals surface area contributed by atoms with Crippen LogP contribution in [0.3, 0.4) is 0 Å². The van der Waals surface area contributed by atoms with Crippen molar-refractivity contribution in [2.24, 2.45) is 5.92 Å². The Labute approximate surface area is 118 Å². The van der Waals surface area contributed by atoms with Gasteiger partial charge < -0.3 is 5.32 Å². The highest BCUT2D eigenvalue weighted by Crippen LogP contribution is 2.21. The summed E-state index contributed by atoms with van der Waals surface area (Å²) in [5.74, 6) is 0.961. The van der Waals surface area contributed by atoms with Crippen LogP contribution >= 0.6 is 0 Å². The maximum atomic E-state index is 3.19. The zero-order valence-corrected chi connectivity index (χ0v) is 12.5. The van der Waals surface area contributed by atoms with E-state index in [1.54, 1.807) is 0 Å².